The standard InChI is InChI=1S/C15H14Br2N2O2S/c1-8-4-13(9(2)3-11(8)17)22-7-14(20)19-12-5-10(16)6-18-15(12)21/h3-6H,7H2,1-2H3,(H,18,21)(H,19,20). The Morgan fingerprint density at radius 2 is 1.95 bits per heavy atom. The molecule has 1 aromatic carbocycles. The molecule has 0 unspecified atom stereocenters. The van der Waals surface area contributed by atoms with Gasteiger partial charge in [0.25, 0.3) is 5.56 Å². The molecule has 2 rings (SSSR count). The molecule has 0 saturated carbocycles. The molecule has 0 aliphatic carbocycles. The summed E-state index contributed by atoms with van der Waals surface area (Å²) in [6.45, 7) is 4.01. The first-order valence-electron chi connectivity index (χ1n) is 6.44. The highest BCUT2D eigenvalue weighted by molar-refractivity contribution is 9.10. The highest BCUT2D eigenvalue weighted by Crippen LogP contribution is 2.28. The van der Waals surface area contributed by atoms with E-state index in [-0.39, 0.29) is 22.9 Å². The fourth-order valence-corrected chi connectivity index (χ4v) is 3.50. The summed E-state index contributed by atoms with van der Waals surface area (Å²) < 4.78 is 1.76. The van der Waals surface area contributed by atoms with Gasteiger partial charge in [-0.1, -0.05) is 15.9 Å². The van der Waals surface area contributed by atoms with Crippen LogP contribution in [0.25, 0.3) is 0 Å². The van der Waals surface area contributed by atoms with Crippen LogP contribution in [0, 0.1) is 13.8 Å². The lowest BCUT2D eigenvalue weighted by Crippen LogP contribution is -2.20. The third kappa shape index (κ3) is 4.47. The number of hydrogen-bond acceptors (Lipinski definition) is 3. The third-order valence-corrected chi connectivity index (χ3v) is 5.43. The number of H-pyrrole nitrogens is 1. The normalized spacial score (nSPS) is 10.5. The van der Waals surface area contributed by atoms with E-state index in [4.69, 9.17) is 0 Å². The molecule has 2 N–H and O–H groups in total. The van der Waals surface area contributed by atoms with Gasteiger partial charge in [-0.2, -0.15) is 0 Å². The van der Waals surface area contributed by atoms with Crippen LogP contribution < -0.4 is 10.9 Å². The van der Waals surface area contributed by atoms with E-state index in [1.807, 2.05) is 26.0 Å². The average Bonchev–Trinajstić information content (AvgIpc) is 2.45. The zero-order valence-corrected chi connectivity index (χ0v) is 16.0. The smallest absolute Gasteiger partial charge is 0.271 e. The number of carbonyl (C=O) groups excluding carboxylic acids is 1. The van der Waals surface area contributed by atoms with Gasteiger partial charge in [0.2, 0.25) is 5.91 Å². The second-order valence-corrected chi connectivity index (χ2v) is 7.55. The Bertz CT molecular complexity index is 775. The first-order chi connectivity index (χ1) is 10.4. The molecule has 0 fully saturated rings. The quantitative estimate of drug-likeness (QED) is 0.691. The summed E-state index contributed by atoms with van der Waals surface area (Å²) >= 11 is 8.19. The van der Waals surface area contributed by atoms with Gasteiger partial charge in [-0.05, 0) is 59.1 Å². The van der Waals surface area contributed by atoms with Crippen molar-refractivity contribution in [3.05, 3.63) is 54.8 Å². The van der Waals surface area contributed by atoms with Gasteiger partial charge < -0.3 is 10.3 Å². The lowest BCUT2D eigenvalue weighted by atomic mass is 10.2. The minimum absolute atomic E-state index is 0.214. The fourth-order valence-electron chi connectivity index (χ4n) is 1.79. The number of amides is 1. The molecule has 116 valence electrons. The second kappa shape index (κ2) is 7.48. The molecule has 1 amide bonds. The number of thioether (sulfide) groups is 1. The van der Waals surface area contributed by atoms with E-state index in [9.17, 15) is 9.59 Å². The Balaban J connectivity index is 2.03. The van der Waals surface area contributed by atoms with E-state index in [2.05, 4.69) is 42.2 Å². The summed E-state index contributed by atoms with van der Waals surface area (Å²) in [5.74, 6) is 0.0296. The van der Waals surface area contributed by atoms with Gasteiger partial charge in [0.15, 0.2) is 0 Å². The lowest BCUT2D eigenvalue weighted by Gasteiger charge is -2.09. The number of pyridine rings is 1. The van der Waals surface area contributed by atoms with Crippen LogP contribution in [-0.4, -0.2) is 16.6 Å². The Labute approximate surface area is 149 Å². The van der Waals surface area contributed by atoms with Crippen molar-refractivity contribution >= 4 is 55.2 Å². The number of benzene rings is 1. The third-order valence-electron chi connectivity index (χ3n) is 2.96. The highest BCUT2D eigenvalue weighted by Gasteiger charge is 2.09. The van der Waals surface area contributed by atoms with Gasteiger partial charge in [-0.3, -0.25) is 9.59 Å². The van der Waals surface area contributed by atoms with Crippen molar-refractivity contribution in [2.75, 3.05) is 11.1 Å². The molecular weight excluding hydrogens is 432 g/mol. The van der Waals surface area contributed by atoms with Gasteiger partial charge in [-0.15, -0.1) is 11.8 Å². The van der Waals surface area contributed by atoms with Gasteiger partial charge >= 0.3 is 0 Å². The van der Waals surface area contributed by atoms with E-state index < -0.39 is 0 Å². The van der Waals surface area contributed by atoms with Crippen molar-refractivity contribution in [3.8, 4) is 0 Å². The summed E-state index contributed by atoms with van der Waals surface area (Å²) in [5.41, 5.74) is 2.15. The van der Waals surface area contributed by atoms with E-state index in [0.717, 1.165) is 20.5 Å². The fraction of sp³-hybridized carbons (Fsp3) is 0.200. The largest absolute Gasteiger partial charge is 0.326 e. The molecule has 0 bridgehead atoms. The Hall–Kier alpha value is -1.05. The Morgan fingerprint density at radius 3 is 2.68 bits per heavy atom. The lowest BCUT2D eigenvalue weighted by molar-refractivity contribution is -0.113. The average molecular weight is 446 g/mol. The molecule has 1 heterocycles. The van der Waals surface area contributed by atoms with Crippen LogP contribution in [-0.2, 0) is 4.79 Å². The van der Waals surface area contributed by atoms with Crippen LogP contribution in [0.3, 0.4) is 0 Å². The van der Waals surface area contributed by atoms with Gasteiger partial charge in [0.05, 0.1) is 5.75 Å². The molecule has 7 heteroatoms. The maximum Gasteiger partial charge on any atom is 0.271 e. The maximum atomic E-state index is 12.0. The predicted octanol–water partition coefficient (Wildman–Crippen LogP) is 4.25. The van der Waals surface area contributed by atoms with Crippen LogP contribution in [0.4, 0.5) is 5.69 Å². The van der Waals surface area contributed by atoms with E-state index in [1.165, 1.54) is 18.0 Å². The first-order valence-corrected chi connectivity index (χ1v) is 9.01. The molecular formula is C15H14Br2N2O2S. The van der Waals surface area contributed by atoms with E-state index in [0.29, 0.717) is 4.47 Å². The molecule has 1 aromatic heterocycles. The number of carbonyl (C=O) groups is 1. The van der Waals surface area contributed by atoms with Crippen LogP contribution >= 0.6 is 43.6 Å². The van der Waals surface area contributed by atoms with Crippen molar-refractivity contribution in [2.24, 2.45) is 0 Å². The summed E-state index contributed by atoms with van der Waals surface area (Å²) in [6.07, 6.45) is 1.53. The molecule has 0 aliphatic heterocycles. The number of aromatic amines is 1. The number of rotatable bonds is 4. The van der Waals surface area contributed by atoms with Crippen LogP contribution in [0.1, 0.15) is 11.1 Å². The summed E-state index contributed by atoms with van der Waals surface area (Å²) in [7, 11) is 0. The molecule has 2 aromatic rings. The van der Waals surface area contributed by atoms with Gasteiger partial charge in [0, 0.05) is 20.0 Å². The number of aryl methyl sites for hydroxylation is 2. The number of halogens is 2. The van der Waals surface area contributed by atoms with Crippen molar-refractivity contribution in [1.82, 2.24) is 4.98 Å². The van der Waals surface area contributed by atoms with Crippen molar-refractivity contribution in [1.29, 1.82) is 0 Å². The Morgan fingerprint density at radius 1 is 1.23 bits per heavy atom. The van der Waals surface area contributed by atoms with Gasteiger partial charge in [-0.25, -0.2) is 0 Å². The summed E-state index contributed by atoms with van der Waals surface area (Å²) in [5, 5.41) is 2.62. The monoisotopic (exact) mass is 444 g/mol. The SMILES string of the molecule is Cc1cc(SCC(=O)Nc2cc(Br)c[nH]c2=O)c(C)cc1Br. The van der Waals surface area contributed by atoms with Crippen LogP contribution in [0.15, 0.2) is 43.0 Å². The number of anilines is 1. The van der Waals surface area contributed by atoms with Crippen molar-refractivity contribution < 1.29 is 4.79 Å². The van der Waals surface area contributed by atoms with E-state index in [1.54, 1.807) is 6.07 Å². The van der Waals surface area contributed by atoms with Crippen molar-refractivity contribution in [2.45, 2.75) is 18.7 Å². The molecule has 0 aliphatic rings. The zero-order chi connectivity index (χ0) is 16.3. The van der Waals surface area contributed by atoms with Gasteiger partial charge in [0.1, 0.15) is 5.69 Å². The maximum absolute atomic E-state index is 12.0. The topological polar surface area (TPSA) is 62.0 Å². The predicted molar refractivity (Wildman–Crippen MR) is 97.7 cm³/mol. The first kappa shape index (κ1) is 17.3. The second-order valence-electron chi connectivity index (χ2n) is 4.76. The highest BCUT2D eigenvalue weighted by atomic mass is 79.9. The minimum atomic E-state index is -0.322. The van der Waals surface area contributed by atoms with Crippen molar-refractivity contribution in [3.63, 3.8) is 0 Å². The molecule has 0 radical (unpaired) electrons. The molecule has 4 nitrogen and oxygen atoms in total. The van der Waals surface area contributed by atoms with E-state index >= 15 is 0 Å². The van der Waals surface area contributed by atoms with Crippen LogP contribution in [0.2, 0.25) is 0 Å². The zero-order valence-electron chi connectivity index (χ0n) is 12.0. The number of nitrogens with one attached hydrogen (secondary N) is 2. The number of aromatic nitrogens is 1. The number of hydrogen-bond donors (Lipinski definition) is 2. The summed E-state index contributed by atoms with van der Waals surface area (Å²) in [4.78, 5) is 27.2. The molecule has 0 atom stereocenters. The molecule has 22 heavy (non-hydrogen) atoms. The molecule has 0 saturated heterocycles. The molecule has 0 spiro atoms. The summed E-state index contributed by atoms with van der Waals surface area (Å²) in [6, 6.07) is 5.66. The minimum Gasteiger partial charge on any atom is -0.326 e. The Kier molecular flexibility index (Phi) is 5.88. The van der Waals surface area contributed by atoms with Crippen LogP contribution in [0.5, 0.6) is 0 Å².